The number of hydrogen-bond donors (Lipinski definition) is 0. The van der Waals surface area contributed by atoms with Crippen molar-refractivity contribution in [3.8, 4) is 16.9 Å². The van der Waals surface area contributed by atoms with E-state index >= 15 is 4.39 Å². The molecule has 0 bridgehead atoms. The van der Waals surface area contributed by atoms with Crippen LogP contribution in [0.1, 0.15) is 18.2 Å². The van der Waals surface area contributed by atoms with Gasteiger partial charge < -0.3 is 4.74 Å². The molecule has 0 fully saturated rings. The summed E-state index contributed by atoms with van der Waals surface area (Å²) in [6, 6.07) is 8.80. The Morgan fingerprint density at radius 2 is 1.65 bits per heavy atom. The van der Waals surface area contributed by atoms with Gasteiger partial charge in [-0.2, -0.15) is 0 Å². The van der Waals surface area contributed by atoms with Crippen molar-refractivity contribution < 1.29 is 35.5 Å². The number of nitrogens with zero attached hydrogens (tertiary/aromatic N) is 1. The van der Waals surface area contributed by atoms with Crippen LogP contribution in [0.4, 0.5) is 17.6 Å². The Kier molecular flexibility index (Phi) is 5.56. The maximum Gasteiger partial charge on any atom is 0.573 e. The molecule has 0 aliphatic rings. The van der Waals surface area contributed by atoms with Gasteiger partial charge in [0.25, 0.3) is 0 Å². The first-order valence-corrected chi connectivity index (χ1v) is 10.8. The molecule has 0 radical (unpaired) electrons. The van der Waals surface area contributed by atoms with Gasteiger partial charge in [0.2, 0.25) is 0 Å². The third-order valence-corrected chi connectivity index (χ3v) is 5.78. The standard InChI is InChI=1S/C21H17F4NO4S/c1-12-19(20(2,22)11-27)18(13-4-7-15(8-5-13)31(3,28)29)16-10-14(30-21(23,24)25)6-9-17(16)26-12/h4-11H,1-3H3. The number of ether oxygens (including phenoxy) is 1. The van der Waals surface area contributed by atoms with Gasteiger partial charge in [0.05, 0.1) is 10.4 Å². The molecule has 0 aliphatic heterocycles. The molecule has 3 rings (SSSR count). The van der Waals surface area contributed by atoms with Crippen molar-refractivity contribution in [3.05, 3.63) is 53.7 Å². The fourth-order valence-electron chi connectivity index (χ4n) is 3.39. The summed E-state index contributed by atoms with van der Waals surface area (Å²) in [6.45, 7) is 2.49. The number of aromatic nitrogens is 1. The topological polar surface area (TPSA) is 73.3 Å². The molecule has 5 nitrogen and oxygen atoms in total. The summed E-state index contributed by atoms with van der Waals surface area (Å²) < 4.78 is 80.8. The second-order valence-electron chi connectivity index (χ2n) is 7.16. The zero-order valence-corrected chi connectivity index (χ0v) is 17.4. The molecule has 0 saturated heterocycles. The van der Waals surface area contributed by atoms with Crippen molar-refractivity contribution in [2.75, 3.05) is 6.26 Å². The number of carbonyl (C=O) groups excluding carboxylic acids is 1. The fraction of sp³-hybridized carbons (Fsp3) is 0.238. The number of hydrogen-bond acceptors (Lipinski definition) is 5. The maximum absolute atomic E-state index is 15.2. The van der Waals surface area contributed by atoms with Crippen LogP contribution in [0, 0.1) is 6.92 Å². The molecule has 1 unspecified atom stereocenters. The summed E-state index contributed by atoms with van der Waals surface area (Å²) in [6.07, 6.45) is -3.85. The molecule has 0 aliphatic carbocycles. The molecule has 1 heterocycles. The summed E-state index contributed by atoms with van der Waals surface area (Å²) in [5, 5.41) is 0.111. The smallest absolute Gasteiger partial charge is 0.406 e. The van der Waals surface area contributed by atoms with E-state index in [1.807, 2.05) is 0 Å². The van der Waals surface area contributed by atoms with Crippen LogP contribution in [0.5, 0.6) is 5.75 Å². The van der Waals surface area contributed by atoms with E-state index in [9.17, 15) is 26.4 Å². The molecule has 0 amide bonds. The van der Waals surface area contributed by atoms with E-state index in [1.54, 1.807) is 0 Å². The average molecular weight is 455 g/mol. The van der Waals surface area contributed by atoms with E-state index in [4.69, 9.17) is 0 Å². The SMILES string of the molecule is Cc1nc2ccc(OC(F)(F)F)cc2c(-c2ccc(S(C)(=O)=O)cc2)c1C(C)(F)C=O. The van der Waals surface area contributed by atoms with Gasteiger partial charge in [0.1, 0.15) is 5.75 Å². The zero-order chi connectivity index (χ0) is 23.2. The van der Waals surface area contributed by atoms with Gasteiger partial charge in [-0.05, 0) is 55.3 Å². The molecule has 1 aromatic heterocycles. The quantitative estimate of drug-likeness (QED) is 0.404. The Morgan fingerprint density at radius 1 is 1.03 bits per heavy atom. The van der Waals surface area contributed by atoms with Gasteiger partial charge in [-0.15, -0.1) is 13.2 Å². The van der Waals surface area contributed by atoms with Crippen LogP contribution in [-0.4, -0.2) is 32.3 Å². The van der Waals surface area contributed by atoms with Crippen molar-refractivity contribution in [2.45, 2.75) is 30.8 Å². The first-order chi connectivity index (χ1) is 14.2. The molecule has 2 aromatic carbocycles. The van der Waals surface area contributed by atoms with E-state index in [0.717, 1.165) is 25.3 Å². The Hall–Kier alpha value is -3.01. The summed E-state index contributed by atoms with van der Waals surface area (Å²) in [5.74, 6) is -0.544. The van der Waals surface area contributed by atoms with Crippen molar-refractivity contribution in [1.82, 2.24) is 4.98 Å². The highest BCUT2D eigenvalue weighted by molar-refractivity contribution is 7.90. The lowest BCUT2D eigenvalue weighted by Gasteiger charge is -2.23. The number of alkyl halides is 4. The molecular formula is C21H17F4NO4S. The van der Waals surface area contributed by atoms with Crippen molar-refractivity contribution in [2.24, 2.45) is 0 Å². The third-order valence-electron chi connectivity index (χ3n) is 4.65. The van der Waals surface area contributed by atoms with Gasteiger partial charge >= 0.3 is 6.36 Å². The van der Waals surface area contributed by atoms with Gasteiger partial charge in [-0.3, -0.25) is 9.78 Å². The van der Waals surface area contributed by atoms with Gasteiger partial charge in [-0.25, -0.2) is 12.8 Å². The number of rotatable bonds is 5. The number of aldehydes is 1. The monoisotopic (exact) mass is 455 g/mol. The molecule has 3 aromatic rings. The van der Waals surface area contributed by atoms with E-state index in [-0.39, 0.29) is 38.9 Å². The predicted octanol–water partition coefficient (Wildman–Crippen LogP) is 4.90. The van der Waals surface area contributed by atoms with Crippen molar-refractivity contribution >= 4 is 27.0 Å². The van der Waals surface area contributed by atoms with E-state index in [2.05, 4.69) is 9.72 Å². The van der Waals surface area contributed by atoms with Crippen LogP contribution < -0.4 is 4.74 Å². The van der Waals surface area contributed by atoms with Gasteiger partial charge in [0.15, 0.2) is 21.8 Å². The Morgan fingerprint density at radius 3 is 2.16 bits per heavy atom. The summed E-state index contributed by atoms with van der Waals surface area (Å²) in [4.78, 5) is 15.7. The predicted molar refractivity (Wildman–Crippen MR) is 106 cm³/mol. The number of carbonyl (C=O) groups is 1. The first-order valence-electron chi connectivity index (χ1n) is 8.89. The van der Waals surface area contributed by atoms with Crippen LogP contribution in [0.3, 0.4) is 0 Å². The lowest BCUT2D eigenvalue weighted by atomic mass is 9.86. The highest BCUT2D eigenvalue weighted by Gasteiger charge is 2.34. The highest BCUT2D eigenvalue weighted by atomic mass is 32.2. The highest BCUT2D eigenvalue weighted by Crippen LogP contribution is 2.41. The fourth-order valence-corrected chi connectivity index (χ4v) is 4.02. The number of aryl methyl sites for hydroxylation is 1. The van der Waals surface area contributed by atoms with E-state index < -0.39 is 27.6 Å². The molecule has 10 heteroatoms. The number of pyridine rings is 1. The molecule has 1 atom stereocenters. The number of fused-ring (bicyclic) bond motifs is 1. The number of benzene rings is 2. The van der Waals surface area contributed by atoms with Crippen molar-refractivity contribution in [1.29, 1.82) is 0 Å². The summed E-state index contributed by atoms with van der Waals surface area (Å²) in [5.41, 5.74) is -1.81. The first kappa shape index (κ1) is 22.7. The Balaban J connectivity index is 2.39. The second kappa shape index (κ2) is 7.60. The van der Waals surface area contributed by atoms with Crippen LogP contribution in [0.15, 0.2) is 47.4 Å². The molecule has 0 spiro atoms. The van der Waals surface area contributed by atoms with Crippen LogP contribution in [0.2, 0.25) is 0 Å². The molecule has 0 saturated carbocycles. The average Bonchev–Trinajstić information content (AvgIpc) is 2.65. The minimum Gasteiger partial charge on any atom is -0.406 e. The van der Waals surface area contributed by atoms with Gasteiger partial charge in [0, 0.05) is 22.9 Å². The van der Waals surface area contributed by atoms with Crippen LogP contribution >= 0.6 is 0 Å². The lowest BCUT2D eigenvalue weighted by molar-refractivity contribution is -0.274. The largest absolute Gasteiger partial charge is 0.573 e. The normalized spacial score (nSPS) is 14.3. The van der Waals surface area contributed by atoms with Gasteiger partial charge in [-0.1, -0.05) is 12.1 Å². The molecular weight excluding hydrogens is 438 g/mol. The summed E-state index contributed by atoms with van der Waals surface area (Å²) >= 11 is 0. The second-order valence-corrected chi connectivity index (χ2v) is 9.18. The molecule has 31 heavy (non-hydrogen) atoms. The minimum absolute atomic E-state index is 0.00683. The number of halogens is 4. The minimum atomic E-state index is -4.94. The van der Waals surface area contributed by atoms with E-state index in [1.165, 1.54) is 37.3 Å². The summed E-state index contributed by atoms with van der Waals surface area (Å²) in [7, 11) is -3.51. The lowest BCUT2D eigenvalue weighted by Crippen LogP contribution is -2.21. The maximum atomic E-state index is 15.2. The Bertz CT molecular complexity index is 1270. The van der Waals surface area contributed by atoms with Crippen LogP contribution in [-0.2, 0) is 20.3 Å². The van der Waals surface area contributed by atoms with Crippen molar-refractivity contribution in [3.63, 3.8) is 0 Å². The molecule has 0 N–H and O–H groups in total. The number of sulfone groups is 1. The zero-order valence-electron chi connectivity index (χ0n) is 16.6. The van der Waals surface area contributed by atoms with E-state index in [0.29, 0.717) is 5.56 Å². The molecule has 164 valence electrons. The van der Waals surface area contributed by atoms with Crippen LogP contribution in [0.25, 0.3) is 22.0 Å². The Labute approximate surface area is 175 Å². The third kappa shape index (κ3) is 4.68.